The van der Waals surface area contributed by atoms with Gasteiger partial charge in [0.2, 0.25) is 5.91 Å². The number of aromatic nitrogens is 1. The van der Waals surface area contributed by atoms with Crippen LogP contribution in [0.2, 0.25) is 0 Å². The van der Waals surface area contributed by atoms with Crippen molar-refractivity contribution in [2.45, 2.75) is 79.8 Å². The Morgan fingerprint density at radius 2 is 1.56 bits per heavy atom. The van der Waals surface area contributed by atoms with Crippen LogP contribution in [0.5, 0.6) is 0 Å². The van der Waals surface area contributed by atoms with E-state index < -0.39 is 42.1 Å². The second-order valence-corrected chi connectivity index (χ2v) is 12.8. The second kappa shape index (κ2) is 15.3. The number of aryl methyl sites for hydroxylation is 5. The molecule has 3 aromatic rings. The summed E-state index contributed by atoms with van der Waals surface area (Å²) >= 11 is 0. The van der Waals surface area contributed by atoms with E-state index in [1.54, 1.807) is 25.1 Å². The summed E-state index contributed by atoms with van der Waals surface area (Å²) in [6.07, 6.45) is 0.424. The van der Waals surface area contributed by atoms with Gasteiger partial charge < -0.3 is 20.6 Å². The maximum atomic E-state index is 15.7. The van der Waals surface area contributed by atoms with Crippen molar-refractivity contribution in [3.8, 4) is 11.1 Å². The van der Waals surface area contributed by atoms with Crippen molar-refractivity contribution in [1.82, 2.24) is 20.5 Å². The molecule has 0 saturated heterocycles. The number of nitrogens with zero attached hydrogens (tertiary/aromatic N) is 2. The molecule has 0 saturated carbocycles. The van der Waals surface area contributed by atoms with Crippen LogP contribution >= 0.6 is 0 Å². The van der Waals surface area contributed by atoms with Gasteiger partial charge in [0.25, 0.3) is 5.91 Å². The molecule has 2 atom stereocenters. The molecule has 8 nitrogen and oxygen atoms in total. The average molecular weight is 619 g/mol. The number of hydrogen-bond acceptors (Lipinski definition) is 5. The molecular formula is C36H47FN4O4. The van der Waals surface area contributed by atoms with Gasteiger partial charge in [-0.1, -0.05) is 37.6 Å². The number of pyridine rings is 1. The van der Waals surface area contributed by atoms with Gasteiger partial charge in [-0.05, 0) is 113 Å². The van der Waals surface area contributed by atoms with E-state index in [0.29, 0.717) is 18.4 Å². The van der Waals surface area contributed by atoms with E-state index in [4.69, 9.17) is 0 Å². The van der Waals surface area contributed by atoms with Crippen LogP contribution in [-0.4, -0.2) is 59.5 Å². The molecule has 0 fully saturated rings. The summed E-state index contributed by atoms with van der Waals surface area (Å²) in [5, 5.41) is 15.3. The van der Waals surface area contributed by atoms with Crippen molar-refractivity contribution in [2.24, 2.45) is 5.92 Å². The number of carbonyl (C=O) groups is 3. The number of nitrogens with one attached hydrogen (secondary N) is 2. The Morgan fingerprint density at radius 1 is 0.911 bits per heavy atom. The van der Waals surface area contributed by atoms with Gasteiger partial charge in [-0.15, -0.1) is 0 Å². The first-order valence-electron chi connectivity index (χ1n) is 15.4. The minimum Gasteiger partial charge on any atom is -0.481 e. The number of amides is 2. The topological polar surface area (TPSA) is 112 Å². The van der Waals surface area contributed by atoms with E-state index >= 15 is 4.39 Å². The van der Waals surface area contributed by atoms with Crippen LogP contribution in [0, 0.1) is 46.4 Å². The Kier molecular flexibility index (Phi) is 12.0. The first-order chi connectivity index (χ1) is 21.1. The quantitative estimate of drug-likeness (QED) is 0.216. The lowest BCUT2D eigenvalue weighted by atomic mass is 9.89. The summed E-state index contributed by atoms with van der Waals surface area (Å²) in [6.45, 7) is 14.2. The molecule has 0 aliphatic carbocycles. The minimum absolute atomic E-state index is 0.0235. The van der Waals surface area contributed by atoms with Crippen molar-refractivity contribution in [1.29, 1.82) is 0 Å². The summed E-state index contributed by atoms with van der Waals surface area (Å²) in [4.78, 5) is 45.7. The van der Waals surface area contributed by atoms with Crippen LogP contribution in [-0.2, 0) is 16.0 Å². The van der Waals surface area contributed by atoms with Crippen LogP contribution < -0.4 is 10.6 Å². The lowest BCUT2D eigenvalue weighted by Gasteiger charge is -2.25. The molecule has 9 heteroatoms. The monoisotopic (exact) mass is 618 g/mol. The van der Waals surface area contributed by atoms with Gasteiger partial charge in [0.05, 0.1) is 12.5 Å². The number of hydrogen-bond donors (Lipinski definition) is 3. The largest absolute Gasteiger partial charge is 0.481 e. The summed E-state index contributed by atoms with van der Waals surface area (Å²) in [5.74, 6) is -2.84. The standard InChI is InChI=1S/C36H47FN4O4/c1-20(2)14-31(40-35(44)29-11-10-22(4)28(38-29)12-13-41(8)9)36(45)39-30(19-32(42)43)27-18-26(17-25(7)34(27)37)33-23(5)15-21(3)16-24(33)6/h10-11,15-18,20,30-31H,12-14,19H2,1-9H3,(H,39,45)(H,40,44)(H,42,43)/t30-,31-/m0/s1. The summed E-state index contributed by atoms with van der Waals surface area (Å²) in [7, 11) is 3.93. The maximum absolute atomic E-state index is 15.7. The number of halogens is 1. The van der Waals surface area contributed by atoms with Crippen molar-refractivity contribution >= 4 is 17.8 Å². The Labute approximate surface area is 266 Å². The van der Waals surface area contributed by atoms with E-state index in [1.807, 2.05) is 78.7 Å². The number of carboxylic acids is 1. The van der Waals surface area contributed by atoms with E-state index in [-0.39, 0.29) is 17.2 Å². The first kappa shape index (κ1) is 35.4. The Bertz CT molecular complexity index is 1540. The van der Waals surface area contributed by atoms with Gasteiger partial charge in [0.1, 0.15) is 17.6 Å². The molecule has 2 aromatic carbocycles. The molecular weight excluding hydrogens is 571 g/mol. The Balaban J connectivity index is 1.96. The number of benzene rings is 2. The van der Waals surface area contributed by atoms with E-state index in [0.717, 1.165) is 45.6 Å². The molecule has 0 bridgehead atoms. The van der Waals surface area contributed by atoms with Gasteiger partial charge in [0, 0.05) is 24.2 Å². The van der Waals surface area contributed by atoms with E-state index in [9.17, 15) is 19.5 Å². The van der Waals surface area contributed by atoms with Gasteiger partial charge in [-0.2, -0.15) is 0 Å². The number of carboxylic acid groups (broad SMARTS) is 1. The van der Waals surface area contributed by atoms with Crippen LogP contribution in [0.15, 0.2) is 36.4 Å². The highest BCUT2D eigenvalue weighted by Crippen LogP contribution is 2.34. The molecule has 0 radical (unpaired) electrons. The SMILES string of the molecule is Cc1cc(C)c(-c2cc(C)c(F)c([C@H](CC(=O)O)NC(=O)[C@H](CC(C)C)NC(=O)c3ccc(C)c(CCN(C)C)n3)c2)c(C)c1. The third-order valence-electron chi connectivity index (χ3n) is 7.88. The molecule has 0 unspecified atom stereocenters. The van der Waals surface area contributed by atoms with Crippen LogP contribution in [0.25, 0.3) is 11.1 Å². The number of aliphatic carboxylic acids is 1. The highest BCUT2D eigenvalue weighted by molar-refractivity contribution is 5.96. The number of rotatable bonds is 13. The molecule has 0 aliphatic heterocycles. The molecule has 0 aliphatic rings. The maximum Gasteiger partial charge on any atom is 0.305 e. The third-order valence-corrected chi connectivity index (χ3v) is 7.88. The fourth-order valence-corrected chi connectivity index (χ4v) is 5.73. The summed E-state index contributed by atoms with van der Waals surface area (Å²) < 4.78 is 15.7. The van der Waals surface area contributed by atoms with Crippen molar-refractivity contribution < 1.29 is 23.9 Å². The van der Waals surface area contributed by atoms with Gasteiger partial charge >= 0.3 is 5.97 Å². The van der Waals surface area contributed by atoms with Crippen LogP contribution in [0.3, 0.4) is 0 Å². The van der Waals surface area contributed by atoms with Crippen molar-refractivity contribution in [2.75, 3.05) is 20.6 Å². The average Bonchev–Trinajstić information content (AvgIpc) is 2.92. The normalized spacial score (nSPS) is 12.7. The highest BCUT2D eigenvalue weighted by Gasteiger charge is 2.29. The fraction of sp³-hybridized carbons (Fsp3) is 0.444. The lowest BCUT2D eigenvalue weighted by molar-refractivity contribution is -0.137. The number of carbonyl (C=O) groups excluding carboxylic acids is 2. The predicted molar refractivity (Wildman–Crippen MR) is 176 cm³/mol. The summed E-state index contributed by atoms with van der Waals surface area (Å²) in [6, 6.07) is 8.77. The molecule has 242 valence electrons. The molecule has 3 rings (SSSR count). The second-order valence-electron chi connectivity index (χ2n) is 12.8. The van der Waals surface area contributed by atoms with Crippen molar-refractivity contribution in [3.63, 3.8) is 0 Å². The Hall–Kier alpha value is -4.11. The fourth-order valence-electron chi connectivity index (χ4n) is 5.73. The molecule has 2 amide bonds. The van der Waals surface area contributed by atoms with Gasteiger partial charge in [-0.3, -0.25) is 14.4 Å². The van der Waals surface area contributed by atoms with Crippen LogP contribution in [0.4, 0.5) is 4.39 Å². The molecule has 45 heavy (non-hydrogen) atoms. The molecule has 3 N–H and O–H groups in total. The zero-order chi connectivity index (χ0) is 33.6. The smallest absolute Gasteiger partial charge is 0.305 e. The minimum atomic E-state index is -1.19. The van der Waals surface area contributed by atoms with Crippen LogP contribution in [0.1, 0.15) is 82.3 Å². The van der Waals surface area contributed by atoms with Gasteiger partial charge in [-0.25, -0.2) is 9.37 Å². The van der Waals surface area contributed by atoms with E-state index in [2.05, 4.69) is 15.6 Å². The highest BCUT2D eigenvalue weighted by atomic mass is 19.1. The molecule has 0 spiro atoms. The third kappa shape index (κ3) is 9.44. The first-order valence-corrected chi connectivity index (χ1v) is 15.4. The number of likely N-dealkylation sites (N-methyl/N-ethyl adjacent to an activating group) is 1. The lowest BCUT2D eigenvalue weighted by Crippen LogP contribution is -2.48. The summed E-state index contributed by atoms with van der Waals surface area (Å²) in [5.41, 5.74) is 7.19. The molecule has 1 heterocycles. The van der Waals surface area contributed by atoms with Crippen molar-refractivity contribution in [3.05, 3.63) is 87.0 Å². The molecule has 1 aromatic heterocycles. The van der Waals surface area contributed by atoms with Gasteiger partial charge in [0.15, 0.2) is 0 Å². The Morgan fingerprint density at radius 3 is 2.13 bits per heavy atom. The zero-order valence-electron chi connectivity index (χ0n) is 28.0. The zero-order valence-corrected chi connectivity index (χ0v) is 28.0. The predicted octanol–water partition coefficient (Wildman–Crippen LogP) is 6.01. The van der Waals surface area contributed by atoms with E-state index in [1.165, 1.54) is 0 Å².